The maximum atomic E-state index is 12.8. The lowest BCUT2D eigenvalue weighted by molar-refractivity contribution is -0.115. The lowest BCUT2D eigenvalue weighted by Gasteiger charge is -2.08. The average Bonchev–Trinajstić information content (AvgIpc) is 2.46. The quantitative estimate of drug-likeness (QED) is 0.884. The number of carbonyl (C=O) groups excluding carboxylic acids is 1. The van der Waals surface area contributed by atoms with Gasteiger partial charge in [0.1, 0.15) is 5.82 Å². The molecule has 7 heteroatoms. The lowest BCUT2D eigenvalue weighted by atomic mass is 10.2. The molecule has 1 amide bonds. The van der Waals surface area contributed by atoms with Gasteiger partial charge in [0.15, 0.2) is 0 Å². The van der Waals surface area contributed by atoms with E-state index in [4.69, 9.17) is 0 Å². The predicted octanol–water partition coefficient (Wildman–Crippen LogP) is 2.05. The standard InChI is InChI=1S/C15H15FN2O3S/c1-11-3-2-4-13(9-11)18-15(19)10-17-22(20,21)14-7-5-12(16)6-8-14/h2-9,17H,10H2,1H3,(H,18,19). The second-order valence-electron chi connectivity index (χ2n) is 4.70. The van der Waals surface area contributed by atoms with Crippen molar-refractivity contribution < 1.29 is 17.6 Å². The monoisotopic (exact) mass is 322 g/mol. The first-order valence-electron chi connectivity index (χ1n) is 6.48. The number of carbonyl (C=O) groups is 1. The molecule has 0 heterocycles. The number of hydrogen-bond acceptors (Lipinski definition) is 3. The number of sulfonamides is 1. The molecule has 0 bridgehead atoms. The van der Waals surface area contributed by atoms with Crippen LogP contribution in [-0.4, -0.2) is 20.9 Å². The second kappa shape index (κ2) is 6.67. The van der Waals surface area contributed by atoms with Crippen LogP contribution in [0.4, 0.5) is 10.1 Å². The number of rotatable bonds is 5. The maximum Gasteiger partial charge on any atom is 0.241 e. The van der Waals surface area contributed by atoms with E-state index in [0.29, 0.717) is 5.69 Å². The summed E-state index contributed by atoms with van der Waals surface area (Å²) in [6, 6.07) is 11.5. The fourth-order valence-corrected chi connectivity index (χ4v) is 2.77. The molecule has 0 saturated heterocycles. The van der Waals surface area contributed by atoms with Crippen molar-refractivity contribution in [1.29, 1.82) is 0 Å². The van der Waals surface area contributed by atoms with Gasteiger partial charge in [0.2, 0.25) is 15.9 Å². The van der Waals surface area contributed by atoms with Crippen molar-refractivity contribution in [2.45, 2.75) is 11.8 Å². The van der Waals surface area contributed by atoms with E-state index in [9.17, 15) is 17.6 Å². The van der Waals surface area contributed by atoms with Gasteiger partial charge in [-0.05, 0) is 48.9 Å². The average molecular weight is 322 g/mol. The molecule has 0 radical (unpaired) electrons. The van der Waals surface area contributed by atoms with Gasteiger partial charge in [0.25, 0.3) is 0 Å². The number of benzene rings is 2. The molecular formula is C15H15FN2O3S. The molecule has 0 spiro atoms. The van der Waals surface area contributed by atoms with Gasteiger partial charge >= 0.3 is 0 Å². The molecule has 2 N–H and O–H groups in total. The first kappa shape index (κ1) is 16.1. The van der Waals surface area contributed by atoms with E-state index in [1.54, 1.807) is 18.2 Å². The number of nitrogens with one attached hydrogen (secondary N) is 2. The van der Waals surface area contributed by atoms with Crippen LogP contribution < -0.4 is 10.0 Å². The number of halogens is 1. The highest BCUT2D eigenvalue weighted by Crippen LogP contribution is 2.10. The van der Waals surface area contributed by atoms with Gasteiger partial charge in [0, 0.05) is 5.69 Å². The van der Waals surface area contributed by atoms with Gasteiger partial charge < -0.3 is 5.32 Å². The normalized spacial score (nSPS) is 11.2. The molecule has 0 saturated carbocycles. The third-order valence-electron chi connectivity index (χ3n) is 2.85. The minimum Gasteiger partial charge on any atom is -0.325 e. The predicted molar refractivity (Wildman–Crippen MR) is 81.4 cm³/mol. The molecule has 22 heavy (non-hydrogen) atoms. The molecule has 0 aliphatic carbocycles. The van der Waals surface area contributed by atoms with E-state index in [1.807, 2.05) is 13.0 Å². The first-order valence-corrected chi connectivity index (χ1v) is 7.97. The number of hydrogen-bond donors (Lipinski definition) is 2. The van der Waals surface area contributed by atoms with Crippen molar-refractivity contribution in [3.63, 3.8) is 0 Å². The summed E-state index contributed by atoms with van der Waals surface area (Å²) in [6.45, 7) is 1.47. The van der Waals surface area contributed by atoms with Crippen LogP contribution in [0.2, 0.25) is 0 Å². The Bertz CT molecular complexity index is 774. The largest absolute Gasteiger partial charge is 0.325 e. The van der Waals surface area contributed by atoms with Gasteiger partial charge in [-0.3, -0.25) is 4.79 Å². The molecule has 0 unspecified atom stereocenters. The Hall–Kier alpha value is -2.25. The van der Waals surface area contributed by atoms with Gasteiger partial charge in [0.05, 0.1) is 11.4 Å². The Kier molecular flexibility index (Phi) is 4.89. The Morgan fingerprint density at radius 1 is 1.14 bits per heavy atom. The lowest BCUT2D eigenvalue weighted by Crippen LogP contribution is -2.32. The SMILES string of the molecule is Cc1cccc(NC(=O)CNS(=O)(=O)c2ccc(F)cc2)c1. The molecule has 0 aliphatic heterocycles. The van der Waals surface area contributed by atoms with E-state index in [-0.39, 0.29) is 4.90 Å². The topological polar surface area (TPSA) is 75.3 Å². The van der Waals surface area contributed by atoms with Crippen LogP contribution in [-0.2, 0) is 14.8 Å². The van der Waals surface area contributed by atoms with Crippen LogP contribution in [0, 0.1) is 12.7 Å². The summed E-state index contributed by atoms with van der Waals surface area (Å²) in [4.78, 5) is 11.7. The third-order valence-corrected chi connectivity index (χ3v) is 4.27. The summed E-state index contributed by atoms with van der Waals surface area (Å²) in [5.74, 6) is -1.02. The molecule has 116 valence electrons. The zero-order valence-electron chi connectivity index (χ0n) is 11.8. The summed E-state index contributed by atoms with van der Waals surface area (Å²) in [7, 11) is -3.85. The number of anilines is 1. The van der Waals surface area contributed by atoms with Crippen molar-refractivity contribution in [3.05, 3.63) is 59.9 Å². The van der Waals surface area contributed by atoms with Gasteiger partial charge in [-0.2, -0.15) is 0 Å². The second-order valence-corrected chi connectivity index (χ2v) is 6.46. The van der Waals surface area contributed by atoms with Crippen molar-refractivity contribution >= 4 is 21.6 Å². The van der Waals surface area contributed by atoms with Crippen LogP contribution >= 0.6 is 0 Å². The van der Waals surface area contributed by atoms with E-state index in [1.165, 1.54) is 0 Å². The summed E-state index contributed by atoms with van der Waals surface area (Å²) in [6.07, 6.45) is 0. The minimum absolute atomic E-state index is 0.0998. The Balaban J connectivity index is 1.97. The van der Waals surface area contributed by atoms with Crippen molar-refractivity contribution in [1.82, 2.24) is 4.72 Å². The number of aryl methyl sites for hydroxylation is 1. The Morgan fingerprint density at radius 3 is 2.45 bits per heavy atom. The van der Waals surface area contributed by atoms with Crippen LogP contribution in [0.25, 0.3) is 0 Å². The zero-order chi connectivity index (χ0) is 16.2. The highest BCUT2D eigenvalue weighted by Gasteiger charge is 2.15. The molecule has 2 rings (SSSR count). The molecule has 0 aliphatic rings. The zero-order valence-corrected chi connectivity index (χ0v) is 12.7. The van der Waals surface area contributed by atoms with Crippen LogP contribution in [0.3, 0.4) is 0 Å². The smallest absolute Gasteiger partial charge is 0.241 e. The summed E-state index contributed by atoms with van der Waals surface area (Å²) >= 11 is 0. The summed E-state index contributed by atoms with van der Waals surface area (Å²) in [5, 5.41) is 2.59. The highest BCUT2D eigenvalue weighted by atomic mass is 32.2. The Labute approximate surface area is 128 Å². The minimum atomic E-state index is -3.85. The third kappa shape index (κ3) is 4.37. The number of amides is 1. The molecule has 2 aromatic rings. The summed E-state index contributed by atoms with van der Waals surface area (Å²) < 4.78 is 38.8. The van der Waals surface area contributed by atoms with E-state index in [0.717, 1.165) is 29.8 Å². The molecule has 5 nitrogen and oxygen atoms in total. The molecule has 0 fully saturated rings. The van der Waals surface area contributed by atoms with Gasteiger partial charge in [-0.15, -0.1) is 0 Å². The van der Waals surface area contributed by atoms with Crippen molar-refractivity contribution in [2.24, 2.45) is 0 Å². The van der Waals surface area contributed by atoms with Gasteiger partial charge in [-0.1, -0.05) is 12.1 Å². The molecule has 0 atom stereocenters. The van der Waals surface area contributed by atoms with Gasteiger partial charge in [-0.25, -0.2) is 17.5 Å². The molecule has 2 aromatic carbocycles. The van der Waals surface area contributed by atoms with Crippen LogP contribution in [0.1, 0.15) is 5.56 Å². The van der Waals surface area contributed by atoms with Crippen LogP contribution in [0.15, 0.2) is 53.4 Å². The molecular weight excluding hydrogens is 307 g/mol. The maximum absolute atomic E-state index is 12.8. The summed E-state index contributed by atoms with van der Waals surface area (Å²) in [5.41, 5.74) is 1.57. The Morgan fingerprint density at radius 2 is 1.82 bits per heavy atom. The highest BCUT2D eigenvalue weighted by molar-refractivity contribution is 7.89. The fourth-order valence-electron chi connectivity index (χ4n) is 1.79. The van der Waals surface area contributed by atoms with Crippen molar-refractivity contribution in [2.75, 3.05) is 11.9 Å². The fraction of sp³-hybridized carbons (Fsp3) is 0.133. The van der Waals surface area contributed by atoms with E-state index < -0.39 is 28.3 Å². The van der Waals surface area contributed by atoms with Crippen LogP contribution in [0.5, 0.6) is 0 Å². The van der Waals surface area contributed by atoms with Crippen molar-refractivity contribution in [3.8, 4) is 0 Å². The molecule has 0 aromatic heterocycles. The van der Waals surface area contributed by atoms with E-state index >= 15 is 0 Å². The first-order chi connectivity index (χ1) is 10.4. The van der Waals surface area contributed by atoms with E-state index in [2.05, 4.69) is 10.0 Å².